The van der Waals surface area contributed by atoms with Crippen LogP contribution in [0.2, 0.25) is 0 Å². The standard InChI is InChI=1S/C9H10BrCl2NOS/c1-9(4-11,5-12)13-8(14)7-6(10)2-3-15-7/h2-3H,4-5H2,1H3,(H,13,14). The maximum absolute atomic E-state index is 11.8. The first-order chi connectivity index (χ1) is 7.02. The largest absolute Gasteiger partial charge is 0.344 e. The van der Waals surface area contributed by atoms with Crippen molar-refractivity contribution < 1.29 is 4.79 Å². The van der Waals surface area contributed by atoms with Gasteiger partial charge in [-0.1, -0.05) is 0 Å². The van der Waals surface area contributed by atoms with E-state index in [1.807, 2.05) is 18.4 Å². The fourth-order valence-corrected chi connectivity index (χ4v) is 2.75. The molecule has 1 aromatic heterocycles. The molecule has 84 valence electrons. The van der Waals surface area contributed by atoms with Gasteiger partial charge in [0.25, 0.3) is 5.91 Å². The van der Waals surface area contributed by atoms with E-state index in [1.54, 1.807) is 0 Å². The predicted octanol–water partition coefficient (Wildman–Crippen LogP) is 3.48. The zero-order valence-corrected chi connectivity index (χ0v) is 11.9. The van der Waals surface area contributed by atoms with Gasteiger partial charge in [0, 0.05) is 16.2 Å². The van der Waals surface area contributed by atoms with E-state index in [-0.39, 0.29) is 17.7 Å². The van der Waals surface area contributed by atoms with E-state index >= 15 is 0 Å². The van der Waals surface area contributed by atoms with Gasteiger partial charge in [-0.25, -0.2) is 0 Å². The Bertz CT molecular complexity index is 352. The molecule has 1 heterocycles. The second kappa shape index (κ2) is 5.53. The maximum Gasteiger partial charge on any atom is 0.263 e. The molecule has 0 aliphatic carbocycles. The second-order valence-electron chi connectivity index (χ2n) is 3.38. The second-order valence-corrected chi connectivity index (χ2v) is 5.68. The van der Waals surface area contributed by atoms with Crippen molar-refractivity contribution in [2.24, 2.45) is 0 Å². The van der Waals surface area contributed by atoms with Gasteiger partial charge < -0.3 is 5.32 Å². The highest BCUT2D eigenvalue weighted by molar-refractivity contribution is 9.10. The summed E-state index contributed by atoms with van der Waals surface area (Å²) in [6.07, 6.45) is 0. The van der Waals surface area contributed by atoms with Crippen molar-refractivity contribution in [2.75, 3.05) is 11.8 Å². The molecule has 0 saturated carbocycles. The van der Waals surface area contributed by atoms with Gasteiger partial charge in [0.05, 0.1) is 5.54 Å². The van der Waals surface area contributed by atoms with Crippen LogP contribution < -0.4 is 5.32 Å². The average Bonchev–Trinajstić information content (AvgIpc) is 2.64. The molecular formula is C9H10BrCl2NOS. The number of thiophene rings is 1. The van der Waals surface area contributed by atoms with Crippen molar-refractivity contribution in [1.82, 2.24) is 5.32 Å². The van der Waals surface area contributed by atoms with Crippen LogP contribution in [0.1, 0.15) is 16.6 Å². The molecule has 2 nitrogen and oxygen atoms in total. The Morgan fingerprint density at radius 3 is 2.60 bits per heavy atom. The van der Waals surface area contributed by atoms with Gasteiger partial charge in [-0.2, -0.15) is 0 Å². The molecule has 0 aliphatic rings. The maximum atomic E-state index is 11.8. The number of hydrogen-bond acceptors (Lipinski definition) is 2. The summed E-state index contributed by atoms with van der Waals surface area (Å²) in [5.41, 5.74) is -0.566. The van der Waals surface area contributed by atoms with Gasteiger partial charge in [-0.3, -0.25) is 4.79 Å². The Balaban J connectivity index is 2.76. The van der Waals surface area contributed by atoms with Crippen molar-refractivity contribution >= 4 is 56.4 Å². The minimum atomic E-state index is -0.566. The monoisotopic (exact) mass is 329 g/mol. The molecule has 0 aliphatic heterocycles. The van der Waals surface area contributed by atoms with Crippen LogP contribution in [0.25, 0.3) is 0 Å². The Hall–Kier alpha value is 0.230. The lowest BCUT2D eigenvalue weighted by atomic mass is 10.1. The van der Waals surface area contributed by atoms with Crippen LogP contribution in [-0.2, 0) is 0 Å². The molecule has 0 spiro atoms. The molecule has 6 heteroatoms. The van der Waals surface area contributed by atoms with Crippen LogP contribution in [0.3, 0.4) is 0 Å². The number of rotatable bonds is 4. The van der Waals surface area contributed by atoms with Crippen LogP contribution in [0.4, 0.5) is 0 Å². The summed E-state index contributed by atoms with van der Waals surface area (Å²) in [5, 5.41) is 4.66. The minimum Gasteiger partial charge on any atom is -0.344 e. The molecule has 1 rings (SSSR count). The Kier molecular flexibility index (Phi) is 4.90. The van der Waals surface area contributed by atoms with E-state index in [9.17, 15) is 4.79 Å². The average molecular weight is 331 g/mol. The summed E-state index contributed by atoms with van der Waals surface area (Å²) in [6, 6.07) is 1.83. The quantitative estimate of drug-likeness (QED) is 0.841. The Morgan fingerprint density at radius 1 is 1.60 bits per heavy atom. The van der Waals surface area contributed by atoms with Crippen molar-refractivity contribution in [1.29, 1.82) is 0 Å². The summed E-state index contributed by atoms with van der Waals surface area (Å²) in [5.74, 6) is 0.414. The normalized spacial score (nSPS) is 11.5. The molecule has 0 unspecified atom stereocenters. The molecule has 0 bridgehead atoms. The van der Waals surface area contributed by atoms with Crippen LogP contribution in [0.5, 0.6) is 0 Å². The first kappa shape index (κ1) is 13.3. The van der Waals surface area contributed by atoms with Crippen molar-refractivity contribution in [3.05, 3.63) is 20.8 Å². The zero-order chi connectivity index (χ0) is 11.5. The Labute approximate surface area is 111 Å². The van der Waals surface area contributed by atoms with Gasteiger partial charge in [0.1, 0.15) is 4.88 Å². The van der Waals surface area contributed by atoms with Gasteiger partial charge in [-0.05, 0) is 34.3 Å². The van der Waals surface area contributed by atoms with Gasteiger partial charge >= 0.3 is 0 Å². The lowest BCUT2D eigenvalue weighted by Crippen LogP contribution is -2.49. The first-order valence-electron chi connectivity index (χ1n) is 4.20. The lowest BCUT2D eigenvalue weighted by Gasteiger charge is -2.25. The number of carbonyl (C=O) groups excluding carboxylic acids is 1. The third-order valence-corrected chi connectivity index (χ3v) is 4.84. The van der Waals surface area contributed by atoms with E-state index in [1.165, 1.54) is 11.3 Å². The fourth-order valence-electron chi connectivity index (χ4n) is 0.889. The summed E-state index contributed by atoms with van der Waals surface area (Å²) in [4.78, 5) is 12.4. The summed E-state index contributed by atoms with van der Waals surface area (Å²) in [6.45, 7) is 1.81. The number of halogens is 3. The van der Waals surface area contributed by atoms with Crippen molar-refractivity contribution in [3.63, 3.8) is 0 Å². The van der Waals surface area contributed by atoms with Gasteiger partial charge in [-0.15, -0.1) is 34.5 Å². The van der Waals surface area contributed by atoms with E-state index in [0.29, 0.717) is 4.88 Å². The van der Waals surface area contributed by atoms with Gasteiger partial charge in [0.15, 0.2) is 0 Å². The minimum absolute atomic E-state index is 0.152. The van der Waals surface area contributed by atoms with Crippen LogP contribution in [-0.4, -0.2) is 23.2 Å². The number of nitrogens with one attached hydrogen (secondary N) is 1. The van der Waals surface area contributed by atoms with Crippen molar-refractivity contribution in [2.45, 2.75) is 12.5 Å². The highest BCUT2D eigenvalue weighted by Crippen LogP contribution is 2.23. The molecular weight excluding hydrogens is 321 g/mol. The lowest BCUT2D eigenvalue weighted by molar-refractivity contribution is 0.0925. The molecule has 0 radical (unpaired) electrons. The third kappa shape index (κ3) is 3.34. The van der Waals surface area contributed by atoms with E-state index < -0.39 is 5.54 Å². The Morgan fingerprint density at radius 2 is 2.20 bits per heavy atom. The molecule has 15 heavy (non-hydrogen) atoms. The SMILES string of the molecule is CC(CCl)(CCl)NC(=O)c1sccc1Br. The number of amides is 1. The molecule has 1 N–H and O–H groups in total. The molecule has 0 aromatic carbocycles. The van der Waals surface area contributed by atoms with Crippen LogP contribution in [0, 0.1) is 0 Å². The van der Waals surface area contributed by atoms with E-state index in [2.05, 4.69) is 21.2 Å². The van der Waals surface area contributed by atoms with E-state index in [4.69, 9.17) is 23.2 Å². The summed E-state index contributed by atoms with van der Waals surface area (Å²) >= 11 is 16.2. The molecule has 1 amide bonds. The molecule has 0 fully saturated rings. The highest BCUT2D eigenvalue weighted by atomic mass is 79.9. The molecule has 1 aromatic rings. The number of hydrogen-bond donors (Lipinski definition) is 1. The van der Waals surface area contributed by atoms with Crippen LogP contribution >= 0.6 is 50.5 Å². The molecule has 0 saturated heterocycles. The third-order valence-electron chi connectivity index (χ3n) is 1.83. The number of alkyl halides is 2. The smallest absolute Gasteiger partial charge is 0.263 e. The topological polar surface area (TPSA) is 29.1 Å². The highest BCUT2D eigenvalue weighted by Gasteiger charge is 2.26. The van der Waals surface area contributed by atoms with Gasteiger partial charge in [0.2, 0.25) is 0 Å². The molecule has 0 atom stereocenters. The van der Waals surface area contributed by atoms with E-state index in [0.717, 1.165) is 4.47 Å². The fraction of sp³-hybridized carbons (Fsp3) is 0.444. The predicted molar refractivity (Wildman–Crippen MR) is 69.3 cm³/mol. The summed E-state index contributed by atoms with van der Waals surface area (Å²) < 4.78 is 0.788. The zero-order valence-electron chi connectivity index (χ0n) is 8.02. The summed E-state index contributed by atoms with van der Waals surface area (Å²) in [7, 11) is 0. The first-order valence-corrected chi connectivity index (χ1v) is 6.94. The van der Waals surface area contributed by atoms with Crippen molar-refractivity contribution in [3.8, 4) is 0 Å². The number of carbonyl (C=O) groups is 1. The van der Waals surface area contributed by atoms with Crippen LogP contribution in [0.15, 0.2) is 15.9 Å².